The maximum absolute atomic E-state index is 3.49. The third-order valence-corrected chi connectivity index (χ3v) is 5.76. The Labute approximate surface area is 151 Å². The van der Waals surface area contributed by atoms with E-state index in [4.69, 9.17) is 0 Å². The average Bonchev–Trinajstić information content (AvgIpc) is 2.71. The van der Waals surface area contributed by atoms with Gasteiger partial charge < -0.3 is 15.1 Å². The monoisotopic (exact) mass is 335 g/mol. The molecule has 2 aromatic rings. The van der Waals surface area contributed by atoms with Crippen LogP contribution in [0.15, 0.2) is 60.7 Å². The van der Waals surface area contributed by atoms with Crippen molar-refractivity contribution in [1.29, 1.82) is 0 Å². The Balaban J connectivity index is 1.49. The van der Waals surface area contributed by atoms with Gasteiger partial charge in [-0.2, -0.15) is 0 Å². The number of hydrogen-bond donors (Lipinski definition) is 1. The van der Waals surface area contributed by atoms with E-state index >= 15 is 0 Å². The van der Waals surface area contributed by atoms with E-state index in [0.717, 1.165) is 6.04 Å². The minimum Gasteiger partial charge on any atom is -0.338 e. The molecule has 0 aliphatic carbocycles. The summed E-state index contributed by atoms with van der Waals surface area (Å²) < 4.78 is 0. The van der Waals surface area contributed by atoms with Crippen molar-refractivity contribution in [3.05, 3.63) is 60.7 Å². The first kappa shape index (κ1) is 16.6. The van der Waals surface area contributed by atoms with Crippen LogP contribution in [0.5, 0.6) is 0 Å². The third kappa shape index (κ3) is 3.88. The van der Waals surface area contributed by atoms with E-state index in [0.29, 0.717) is 6.04 Å². The van der Waals surface area contributed by atoms with Crippen LogP contribution in [0.1, 0.15) is 25.7 Å². The van der Waals surface area contributed by atoms with Gasteiger partial charge in [0.2, 0.25) is 0 Å². The van der Waals surface area contributed by atoms with Gasteiger partial charge >= 0.3 is 0 Å². The van der Waals surface area contributed by atoms with Gasteiger partial charge in [-0.1, -0.05) is 36.4 Å². The minimum absolute atomic E-state index is 0.586. The first-order valence-corrected chi connectivity index (χ1v) is 9.76. The molecule has 0 unspecified atom stereocenters. The highest BCUT2D eigenvalue weighted by Crippen LogP contribution is 2.32. The number of anilines is 2. The van der Waals surface area contributed by atoms with Crippen LogP contribution in [0.25, 0.3) is 0 Å². The fourth-order valence-electron chi connectivity index (χ4n) is 4.43. The molecule has 2 heterocycles. The largest absolute Gasteiger partial charge is 0.338 e. The van der Waals surface area contributed by atoms with Gasteiger partial charge in [-0.3, -0.25) is 0 Å². The third-order valence-electron chi connectivity index (χ3n) is 5.76. The number of piperidine rings is 2. The number of benzene rings is 2. The van der Waals surface area contributed by atoms with Gasteiger partial charge in [0, 0.05) is 36.5 Å². The molecule has 2 fully saturated rings. The van der Waals surface area contributed by atoms with Crippen molar-refractivity contribution in [2.24, 2.45) is 0 Å². The second kappa shape index (κ2) is 8.03. The Morgan fingerprint density at radius 3 is 1.76 bits per heavy atom. The number of hydrogen-bond acceptors (Lipinski definition) is 3. The Morgan fingerprint density at radius 2 is 1.24 bits per heavy atom. The van der Waals surface area contributed by atoms with E-state index in [1.54, 1.807) is 0 Å². The zero-order valence-electron chi connectivity index (χ0n) is 15.0. The summed E-state index contributed by atoms with van der Waals surface area (Å²) in [5.41, 5.74) is 2.63. The zero-order chi connectivity index (χ0) is 16.9. The van der Waals surface area contributed by atoms with Crippen LogP contribution in [0.4, 0.5) is 11.4 Å². The quantitative estimate of drug-likeness (QED) is 0.910. The first-order chi connectivity index (χ1) is 12.4. The van der Waals surface area contributed by atoms with E-state index in [-0.39, 0.29) is 0 Å². The van der Waals surface area contributed by atoms with Crippen molar-refractivity contribution >= 4 is 11.4 Å². The van der Waals surface area contributed by atoms with E-state index in [9.17, 15) is 0 Å². The predicted octanol–water partition coefficient (Wildman–Crippen LogP) is 4.04. The lowest BCUT2D eigenvalue weighted by Gasteiger charge is -2.43. The Kier molecular flexibility index (Phi) is 5.34. The molecule has 0 bridgehead atoms. The molecule has 2 aliphatic rings. The lowest BCUT2D eigenvalue weighted by Crippen LogP contribution is -2.49. The van der Waals surface area contributed by atoms with Gasteiger partial charge in [0.25, 0.3) is 0 Å². The molecule has 2 saturated heterocycles. The first-order valence-electron chi connectivity index (χ1n) is 9.76. The van der Waals surface area contributed by atoms with Gasteiger partial charge in [0.1, 0.15) is 0 Å². The molecule has 2 aromatic carbocycles. The summed E-state index contributed by atoms with van der Waals surface area (Å²) in [6.45, 7) is 4.83. The van der Waals surface area contributed by atoms with Crippen molar-refractivity contribution in [3.63, 3.8) is 0 Å². The Bertz CT molecular complexity index is 589. The molecule has 0 radical (unpaired) electrons. The second-order valence-corrected chi connectivity index (χ2v) is 7.29. The summed E-state index contributed by atoms with van der Waals surface area (Å²) in [7, 11) is 0. The maximum atomic E-state index is 3.49. The second-order valence-electron chi connectivity index (χ2n) is 7.29. The average molecular weight is 335 g/mol. The topological polar surface area (TPSA) is 18.5 Å². The van der Waals surface area contributed by atoms with Gasteiger partial charge in [-0.05, 0) is 63.0 Å². The van der Waals surface area contributed by atoms with Gasteiger partial charge in [0.15, 0.2) is 0 Å². The van der Waals surface area contributed by atoms with E-state index < -0.39 is 0 Å². The van der Waals surface area contributed by atoms with Crippen LogP contribution < -0.4 is 10.2 Å². The summed E-state index contributed by atoms with van der Waals surface area (Å²) >= 11 is 0. The minimum atomic E-state index is 0.586. The molecule has 25 heavy (non-hydrogen) atoms. The normalized spacial score (nSPS) is 20.5. The van der Waals surface area contributed by atoms with Crippen LogP contribution in [0, 0.1) is 0 Å². The number of likely N-dealkylation sites (tertiary alicyclic amines) is 1. The van der Waals surface area contributed by atoms with Crippen LogP contribution >= 0.6 is 0 Å². The van der Waals surface area contributed by atoms with Crippen LogP contribution in [-0.2, 0) is 0 Å². The molecule has 4 rings (SSSR count). The molecule has 1 N–H and O–H groups in total. The molecule has 132 valence electrons. The number of nitrogens with one attached hydrogen (secondary N) is 1. The van der Waals surface area contributed by atoms with Crippen LogP contribution in [-0.4, -0.2) is 43.2 Å². The molecule has 3 heteroatoms. The van der Waals surface area contributed by atoms with Crippen molar-refractivity contribution in [1.82, 2.24) is 10.2 Å². The van der Waals surface area contributed by atoms with Crippen molar-refractivity contribution in [2.45, 2.75) is 37.8 Å². The summed E-state index contributed by atoms with van der Waals surface area (Å²) in [6.07, 6.45) is 5.11. The standard InChI is InChI=1S/C22H29N3/c1-3-7-20(8-4-1)25(21-9-5-2-6-10-21)22-13-17-24(18-14-22)19-11-15-23-16-12-19/h1-10,19,22-23H,11-18H2. The SMILES string of the molecule is c1ccc(N(c2ccccc2)C2CCN(C3CCNCC3)CC2)cc1. The lowest BCUT2D eigenvalue weighted by molar-refractivity contribution is 0.127. The molecule has 0 saturated carbocycles. The molecular formula is C22H29N3. The highest BCUT2D eigenvalue weighted by Gasteiger charge is 2.29. The van der Waals surface area contributed by atoms with Crippen molar-refractivity contribution < 1.29 is 0 Å². The highest BCUT2D eigenvalue weighted by molar-refractivity contribution is 5.64. The predicted molar refractivity (Wildman–Crippen MR) is 106 cm³/mol. The molecule has 0 atom stereocenters. The van der Waals surface area contributed by atoms with Crippen molar-refractivity contribution in [3.8, 4) is 0 Å². The van der Waals surface area contributed by atoms with E-state index in [1.165, 1.54) is 63.2 Å². The lowest BCUT2D eigenvalue weighted by atomic mass is 9.97. The zero-order valence-corrected chi connectivity index (χ0v) is 15.0. The molecular weight excluding hydrogens is 306 g/mol. The Hall–Kier alpha value is -1.84. The summed E-state index contributed by atoms with van der Waals surface area (Å²) in [5, 5.41) is 3.49. The molecule has 0 amide bonds. The molecule has 0 spiro atoms. The molecule has 2 aliphatic heterocycles. The summed E-state index contributed by atoms with van der Waals surface area (Å²) in [4.78, 5) is 5.30. The number of nitrogens with zero attached hydrogens (tertiary/aromatic N) is 2. The Morgan fingerprint density at radius 1 is 0.720 bits per heavy atom. The van der Waals surface area contributed by atoms with Crippen molar-refractivity contribution in [2.75, 3.05) is 31.1 Å². The van der Waals surface area contributed by atoms with E-state index in [1.807, 2.05) is 0 Å². The van der Waals surface area contributed by atoms with Crippen LogP contribution in [0.2, 0.25) is 0 Å². The molecule has 0 aromatic heterocycles. The maximum Gasteiger partial charge on any atom is 0.0413 e. The smallest absolute Gasteiger partial charge is 0.0413 e. The number of para-hydroxylation sites is 2. The van der Waals surface area contributed by atoms with Gasteiger partial charge in [-0.25, -0.2) is 0 Å². The summed E-state index contributed by atoms with van der Waals surface area (Å²) in [5.74, 6) is 0. The fraction of sp³-hybridized carbons (Fsp3) is 0.455. The number of rotatable bonds is 4. The van der Waals surface area contributed by atoms with Gasteiger partial charge in [0.05, 0.1) is 0 Å². The highest BCUT2D eigenvalue weighted by atomic mass is 15.2. The fourth-order valence-corrected chi connectivity index (χ4v) is 4.43. The van der Waals surface area contributed by atoms with Gasteiger partial charge in [-0.15, -0.1) is 0 Å². The summed E-state index contributed by atoms with van der Waals surface area (Å²) in [6, 6.07) is 23.2. The molecule has 3 nitrogen and oxygen atoms in total. The van der Waals surface area contributed by atoms with E-state index in [2.05, 4.69) is 75.8 Å². The van der Waals surface area contributed by atoms with Crippen LogP contribution in [0.3, 0.4) is 0 Å².